The zero-order valence-electron chi connectivity index (χ0n) is 15.5. The summed E-state index contributed by atoms with van der Waals surface area (Å²) in [6.45, 7) is 8.67. The van der Waals surface area contributed by atoms with Gasteiger partial charge in [0.05, 0.1) is 0 Å². The Balaban J connectivity index is 0.00000312. The van der Waals surface area contributed by atoms with Crippen LogP contribution in [-0.2, 0) is 11.2 Å². The maximum Gasteiger partial charge on any atom is 0.224 e. The molecule has 0 spiro atoms. The Labute approximate surface area is 157 Å². The minimum atomic E-state index is 0. The summed E-state index contributed by atoms with van der Waals surface area (Å²) in [7, 11) is 0. The summed E-state index contributed by atoms with van der Waals surface area (Å²) in [4.78, 5) is 12.3. The Hall–Kier alpha value is -2.00. The SMILES string of the molecule is CC(C)c1ccc(NC(=O)CCc2ccccc2N)c(C(C)C)c1.Cl. The van der Waals surface area contributed by atoms with Gasteiger partial charge >= 0.3 is 0 Å². The van der Waals surface area contributed by atoms with Crippen LogP contribution in [0.2, 0.25) is 0 Å². The molecule has 0 fully saturated rings. The molecule has 25 heavy (non-hydrogen) atoms. The molecule has 0 aliphatic heterocycles. The number of anilines is 2. The lowest BCUT2D eigenvalue weighted by Crippen LogP contribution is -2.14. The van der Waals surface area contributed by atoms with Crippen molar-refractivity contribution in [3.8, 4) is 0 Å². The molecule has 3 N–H and O–H groups in total. The van der Waals surface area contributed by atoms with Gasteiger partial charge < -0.3 is 11.1 Å². The second-order valence-electron chi connectivity index (χ2n) is 6.90. The van der Waals surface area contributed by atoms with E-state index in [0.717, 1.165) is 16.9 Å². The third-order valence-corrected chi connectivity index (χ3v) is 4.31. The van der Waals surface area contributed by atoms with Gasteiger partial charge in [-0.25, -0.2) is 0 Å². The highest BCUT2D eigenvalue weighted by Crippen LogP contribution is 2.28. The van der Waals surface area contributed by atoms with Crippen molar-refractivity contribution in [2.75, 3.05) is 11.1 Å². The van der Waals surface area contributed by atoms with E-state index in [1.165, 1.54) is 11.1 Å². The highest BCUT2D eigenvalue weighted by molar-refractivity contribution is 5.92. The minimum Gasteiger partial charge on any atom is -0.399 e. The Bertz CT molecular complexity index is 711. The molecule has 1 amide bonds. The van der Waals surface area contributed by atoms with Gasteiger partial charge in [-0.05, 0) is 47.1 Å². The summed E-state index contributed by atoms with van der Waals surface area (Å²) in [6.07, 6.45) is 1.08. The molecule has 3 nitrogen and oxygen atoms in total. The molecular formula is C21H29ClN2O. The van der Waals surface area contributed by atoms with Gasteiger partial charge in [-0.15, -0.1) is 12.4 Å². The molecule has 4 heteroatoms. The van der Waals surface area contributed by atoms with Gasteiger partial charge in [0.2, 0.25) is 5.91 Å². The van der Waals surface area contributed by atoms with Crippen molar-refractivity contribution in [1.29, 1.82) is 0 Å². The number of nitrogens with one attached hydrogen (secondary N) is 1. The first-order chi connectivity index (χ1) is 11.4. The van der Waals surface area contributed by atoms with Crippen LogP contribution in [0.25, 0.3) is 0 Å². The summed E-state index contributed by atoms with van der Waals surface area (Å²) < 4.78 is 0. The van der Waals surface area contributed by atoms with E-state index < -0.39 is 0 Å². The number of halogens is 1. The average molecular weight is 361 g/mol. The fourth-order valence-electron chi connectivity index (χ4n) is 2.75. The molecule has 0 atom stereocenters. The number of nitrogen functional groups attached to an aromatic ring is 1. The highest BCUT2D eigenvalue weighted by atomic mass is 35.5. The molecule has 0 radical (unpaired) electrons. The van der Waals surface area contributed by atoms with E-state index in [1.54, 1.807) is 0 Å². The van der Waals surface area contributed by atoms with E-state index in [-0.39, 0.29) is 18.3 Å². The fourth-order valence-corrected chi connectivity index (χ4v) is 2.75. The van der Waals surface area contributed by atoms with Crippen LogP contribution in [0.15, 0.2) is 42.5 Å². The van der Waals surface area contributed by atoms with Gasteiger partial charge in [-0.3, -0.25) is 4.79 Å². The zero-order valence-corrected chi connectivity index (χ0v) is 16.3. The standard InChI is InChI=1S/C21H28N2O.ClH/c1-14(2)17-9-11-20(18(13-17)15(3)4)23-21(24)12-10-16-7-5-6-8-19(16)22;/h5-9,11,13-15H,10,12,22H2,1-4H3,(H,23,24);1H. The number of carbonyl (C=O) groups excluding carboxylic acids is 1. The van der Waals surface area contributed by atoms with Crippen molar-refractivity contribution in [3.63, 3.8) is 0 Å². The molecular weight excluding hydrogens is 332 g/mol. The Morgan fingerprint density at radius 3 is 2.32 bits per heavy atom. The number of nitrogens with two attached hydrogens (primary N) is 1. The Morgan fingerprint density at radius 2 is 1.72 bits per heavy atom. The van der Waals surface area contributed by atoms with Crippen LogP contribution in [0.3, 0.4) is 0 Å². The van der Waals surface area contributed by atoms with Crippen molar-refractivity contribution < 1.29 is 4.79 Å². The maximum absolute atomic E-state index is 12.3. The summed E-state index contributed by atoms with van der Waals surface area (Å²) >= 11 is 0. The summed E-state index contributed by atoms with van der Waals surface area (Å²) in [6, 6.07) is 14.0. The predicted octanol–water partition coefficient (Wildman–Crippen LogP) is 5.51. The number of hydrogen-bond donors (Lipinski definition) is 2. The molecule has 0 aromatic heterocycles. The molecule has 0 aliphatic rings. The third kappa shape index (κ3) is 5.79. The lowest BCUT2D eigenvalue weighted by molar-refractivity contribution is -0.116. The van der Waals surface area contributed by atoms with Gasteiger partial charge in [0.15, 0.2) is 0 Å². The van der Waals surface area contributed by atoms with Crippen molar-refractivity contribution in [2.24, 2.45) is 0 Å². The molecule has 136 valence electrons. The average Bonchev–Trinajstić information content (AvgIpc) is 2.54. The number of para-hydroxylation sites is 1. The van der Waals surface area contributed by atoms with E-state index in [2.05, 4.69) is 45.1 Å². The molecule has 0 saturated heterocycles. The maximum atomic E-state index is 12.3. The molecule has 0 saturated carbocycles. The van der Waals surface area contributed by atoms with E-state index in [4.69, 9.17) is 5.73 Å². The minimum absolute atomic E-state index is 0. The topological polar surface area (TPSA) is 55.1 Å². The lowest BCUT2D eigenvalue weighted by Gasteiger charge is -2.17. The number of rotatable bonds is 6. The fraction of sp³-hybridized carbons (Fsp3) is 0.381. The van der Waals surface area contributed by atoms with Crippen LogP contribution >= 0.6 is 12.4 Å². The Kier molecular flexibility index (Phi) is 7.98. The largest absolute Gasteiger partial charge is 0.399 e. The summed E-state index contributed by atoms with van der Waals surface area (Å²) in [5.41, 5.74) is 11.1. The second-order valence-corrected chi connectivity index (χ2v) is 6.90. The molecule has 0 bridgehead atoms. The lowest BCUT2D eigenvalue weighted by atomic mass is 9.94. The van der Waals surface area contributed by atoms with Crippen molar-refractivity contribution in [2.45, 2.75) is 52.4 Å². The number of benzene rings is 2. The summed E-state index contributed by atoms with van der Waals surface area (Å²) in [5.74, 6) is 0.870. The number of aryl methyl sites for hydroxylation is 1. The number of amides is 1. The highest BCUT2D eigenvalue weighted by Gasteiger charge is 2.12. The normalized spacial score (nSPS) is 10.6. The molecule has 0 unspecified atom stereocenters. The Morgan fingerprint density at radius 1 is 1.04 bits per heavy atom. The first kappa shape index (κ1) is 21.0. The first-order valence-corrected chi connectivity index (χ1v) is 8.65. The number of hydrogen-bond acceptors (Lipinski definition) is 2. The number of carbonyl (C=O) groups is 1. The van der Waals surface area contributed by atoms with Crippen LogP contribution < -0.4 is 11.1 Å². The molecule has 2 aromatic carbocycles. The molecule has 0 heterocycles. The van der Waals surface area contributed by atoms with E-state index in [9.17, 15) is 4.79 Å². The van der Waals surface area contributed by atoms with E-state index in [0.29, 0.717) is 24.7 Å². The van der Waals surface area contributed by atoms with Crippen molar-refractivity contribution in [1.82, 2.24) is 0 Å². The van der Waals surface area contributed by atoms with Crippen LogP contribution in [0.5, 0.6) is 0 Å². The summed E-state index contributed by atoms with van der Waals surface area (Å²) in [5, 5.41) is 3.07. The van der Waals surface area contributed by atoms with Gasteiger partial charge in [0.1, 0.15) is 0 Å². The molecule has 2 rings (SSSR count). The van der Waals surface area contributed by atoms with Crippen LogP contribution in [0.4, 0.5) is 11.4 Å². The third-order valence-electron chi connectivity index (χ3n) is 4.31. The monoisotopic (exact) mass is 360 g/mol. The molecule has 2 aromatic rings. The first-order valence-electron chi connectivity index (χ1n) is 8.65. The van der Waals surface area contributed by atoms with Crippen LogP contribution in [0.1, 0.15) is 62.6 Å². The van der Waals surface area contributed by atoms with Crippen molar-refractivity contribution in [3.05, 3.63) is 59.2 Å². The second kappa shape index (κ2) is 9.47. The zero-order chi connectivity index (χ0) is 17.7. The van der Waals surface area contributed by atoms with Gasteiger partial charge in [0.25, 0.3) is 0 Å². The van der Waals surface area contributed by atoms with Crippen LogP contribution in [-0.4, -0.2) is 5.91 Å². The molecule has 0 aliphatic carbocycles. The van der Waals surface area contributed by atoms with E-state index >= 15 is 0 Å². The smallest absolute Gasteiger partial charge is 0.224 e. The quantitative estimate of drug-likeness (QED) is 0.667. The van der Waals surface area contributed by atoms with Gasteiger partial charge in [-0.1, -0.05) is 58.0 Å². The van der Waals surface area contributed by atoms with Crippen molar-refractivity contribution >= 4 is 29.7 Å². The van der Waals surface area contributed by atoms with Gasteiger partial charge in [-0.2, -0.15) is 0 Å². The van der Waals surface area contributed by atoms with Gasteiger partial charge in [0, 0.05) is 17.8 Å². The predicted molar refractivity (Wildman–Crippen MR) is 110 cm³/mol. The van der Waals surface area contributed by atoms with Crippen LogP contribution in [0, 0.1) is 0 Å². The van der Waals surface area contributed by atoms with E-state index in [1.807, 2.05) is 30.3 Å².